The summed E-state index contributed by atoms with van der Waals surface area (Å²) in [5.74, 6) is -0.754. The van der Waals surface area contributed by atoms with Crippen LogP contribution in [0.1, 0.15) is 6.92 Å². The number of carboxylic acid groups (broad SMARTS) is 1. The van der Waals surface area contributed by atoms with E-state index in [0.717, 1.165) is 0 Å². The maximum absolute atomic E-state index is 9.69. The second-order valence-corrected chi connectivity index (χ2v) is 2.82. The average molecular weight is 200 g/mol. The number of halogens is 1. The lowest BCUT2D eigenvalue weighted by Crippen LogP contribution is -2.05. The largest absolute Gasteiger partial charge is 0.480 e. The summed E-state index contributed by atoms with van der Waals surface area (Å²) in [6.07, 6.45) is 0. The summed E-state index contributed by atoms with van der Waals surface area (Å²) in [6.45, 7) is 1.63. The molecule has 3 heteroatoms. The zero-order valence-corrected chi connectivity index (χ0v) is 5.47. The molecule has 1 N–H and O–H groups in total. The van der Waals surface area contributed by atoms with Crippen molar-refractivity contribution in [1.82, 2.24) is 0 Å². The predicted octanol–water partition coefficient (Wildman–Crippen LogP) is 0.895. The van der Waals surface area contributed by atoms with Crippen LogP contribution in [0.5, 0.6) is 0 Å². The number of rotatable bonds is 1. The van der Waals surface area contributed by atoms with E-state index in [4.69, 9.17) is 5.11 Å². The van der Waals surface area contributed by atoms with E-state index in [1.54, 1.807) is 6.92 Å². The van der Waals surface area contributed by atoms with Gasteiger partial charge < -0.3 is 5.11 Å². The van der Waals surface area contributed by atoms with Crippen LogP contribution in [0.2, 0.25) is 0 Å². The average Bonchev–Trinajstić information content (AvgIpc) is 1.36. The zero-order chi connectivity index (χ0) is 5.15. The van der Waals surface area contributed by atoms with Crippen molar-refractivity contribution in [3.05, 3.63) is 0 Å². The van der Waals surface area contributed by atoms with Crippen molar-refractivity contribution in [2.75, 3.05) is 0 Å². The fourth-order valence-electron chi connectivity index (χ4n) is 0. The van der Waals surface area contributed by atoms with Gasteiger partial charge in [-0.3, -0.25) is 4.79 Å². The first-order valence-electron chi connectivity index (χ1n) is 1.51. The number of alkyl halides is 1. The predicted molar refractivity (Wildman–Crippen MR) is 31.1 cm³/mol. The molecular weight excluding hydrogens is 195 g/mol. The molecule has 0 spiro atoms. The first-order valence-corrected chi connectivity index (χ1v) is 2.76. The monoisotopic (exact) mass is 200 g/mol. The van der Waals surface area contributed by atoms with Crippen molar-refractivity contribution in [1.29, 1.82) is 0 Å². The summed E-state index contributed by atoms with van der Waals surface area (Å²) in [5, 5.41) is 7.98. The SMILES string of the molecule is C[C@H](I)C(=O)O. The van der Waals surface area contributed by atoms with E-state index in [1.165, 1.54) is 0 Å². The topological polar surface area (TPSA) is 37.3 Å². The van der Waals surface area contributed by atoms with Gasteiger partial charge in [0.1, 0.15) is 3.92 Å². The number of hydrogen-bond donors (Lipinski definition) is 1. The highest BCUT2D eigenvalue weighted by Gasteiger charge is 2.01. The number of carbonyl (C=O) groups is 1. The standard InChI is InChI=1S/C3H5IO2/c1-2(4)3(5)6/h2H,1H3,(H,5,6)/t2-/m0/s1. The minimum Gasteiger partial charge on any atom is -0.480 e. The number of carboxylic acids is 1. The summed E-state index contributed by atoms with van der Waals surface area (Å²) in [4.78, 5) is 9.69. The first kappa shape index (κ1) is 6.20. The molecule has 0 rings (SSSR count). The summed E-state index contributed by atoms with van der Waals surface area (Å²) < 4.78 is -0.261. The van der Waals surface area contributed by atoms with Crippen LogP contribution in [-0.4, -0.2) is 15.0 Å². The third-order valence-electron chi connectivity index (χ3n) is 0.340. The lowest BCUT2D eigenvalue weighted by molar-refractivity contribution is -0.135. The van der Waals surface area contributed by atoms with Crippen LogP contribution in [0.3, 0.4) is 0 Å². The highest BCUT2D eigenvalue weighted by molar-refractivity contribution is 14.1. The minimum absolute atomic E-state index is 0.261. The van der Waals surface area contributed by atoms with Crippen molar-refractivity contribution in [2.24, 2.45) is 0 Å². The Bertz CT molecular complexity index is 59.8. The molecule has 0 aromatic rings. The van der Waals surface area contributed by atoms with Crippen LogP contribution >= 0.6 is 22.6 Å². The van der Waals surface area contributed by atoms with E-state index in [9.17, 15) is 4.79 Å². The Hall–Kier alpha value is 0.200. The maximum atomic E-state index is 9.69. The molecule has 0 saturated carbocycles. The van der Waals surface area contributed by atoms with Crippen LogP contribution < -0.4 is 0 Å². The second-order valence-electron chi connectivity index (χ2n) is 0.954. The van der Waals surface area contributed by atoms with Crippen LogP contribution in [0.4, 0.5) is 0 Å². The Morgan fingerprint density at radius 3 is 2.17 bits per heavy atom. The van der Waals surface area contributed by atoms with Gasteiger partial charge in [-0.1, -0.05) is 22.6 Å². The maximum Gasteiger partial charge on any atom is 0.316 e. The number of aliphatic carboxylic acids is 1. The Balaban J connectivity index is 3.26. The van der Waals surface area contributed by atoms with Crippen molar-refractivity contribution in [3.8, 4) is 0 Å². The van der Waals surface area contributed by atoms with Crippen LogP contribution in [0, 0.1) is 0 Å². The van der Waals surface area contributed by atoms with Crippen LogP contribution in [0.25, 0.3) is 0 Å². The molecule has 0 saturated heterocycles. The van der Waals surface area contributed by atoms with Crippen molar-refractivity contribution < 1.29 is 9.90 Å². The molecule has 0 bridgehead atoms. The Kier molecular flexibility index (Phi) is 2.47. The quantitative estimate of drug-likeness (QED) is 0.504. The molecule has 0 unspecified atom stereocenters. The van der Waals surface area contributed by atoms with E-state index >= 15 is 0 Å². The number of hydrogen-bond acceptors (Lipinski definition) is 1. The van der Waals surface area contributed by atoms with E-state index < -0.39 is 5.97 Å². The lowest BCUT2D eigenvalue weighted by Gasteiger charge is -1.87. The molecule has 0 aromatic carbocycles. The summed E-state index contributed by atoms with van der Waals surface area (Å²) in [6, 6.07) is 0. The molecule has 6 heavy (non-hydrogen) atoms. The zero-order valence-electron chi connectivity index (χ0n) is 3.31. The molecule has 36 valence electrons. The van der Waals surface area contributed by atoms with E-state index in [1.807, 2.05) is 22.6 Å². The fraction of sp³-hybridized carbons (Fsp3) is 0.667. The van der Waals surface area contributed by atoms with Crippen LogP contribution in [-0.2, 0) is 4.79 Å². The highest BCUT2D eigenvalue weighted by Crippen LogP contribution is 1.95. The molecular formula is C3H5IO2. The van der Waals surface area contributed by atoms with E-state index in [-0.39, 0.29) is 3.92 Å². The third kappa shape index (κ3) is 2.44. The molecule has 1 atom stereocenters. The van der Waals surface area contributed by atoms with Gasteiger partial charge in [0.25, 0.3) is 0 Å². The molecule has 2 nitrogen and oxygen atoms in total. The second kappa shape index (κ2) is 2.39. The normalized spacial score (nSPS) is 13.7. The Morgan fingerprint density at radius 1 is 2.00 bits per heavy atom. The third-order valence-corrected chi connectivity index (χ3v) is 0.873. The molecule has 0 aliphatic carbocycles. The molecule has 0 amide bonds. The van der Waals surface area contributed by atoms with Crippen LogP contribution in [0.15, 0.2) is 0 Å². The van der Waals surface area contributed by atoms with Gasteiger partial charge in [0.05, 0.1) is 0 Å². The van der Waals surface area contributed by atoms with Gasteiger partial charge in [-0.2, -0.15) is 0 Å². The molecule has 0 fully saturated rings. The molecule has 0 radical (unpaired) electrons. The molecule has 0 aliphatic rings. The smallest absolute Gasteiger partial charge is 0.316 e. The summed E-state index contributed by atoms with van der Waals surface area (Å²) in [5.41, 5.74) is 0. The van der Waals surface area contributed by atoms with Crippen molar-refractivity contribution >= 4 is 28.6 Å². The Morgan fingerprint density at radius 2 is 2.17 bits per heavy atom. The summed E-state index contributed by atoms with van der Waals surface area (Å²) >= 11 is 1.83. The van der Waals surface area contributed by atoms with Gasteiger partial charge >= 0.3 is 5.97 Å². The fourth-order valence-corrected chi connectivity index (χ4v) is 0. The van der Waals surface area contributed by atoms with E-state index in [2.05, 4.69) is 0 Å². The Labute approximate surface area is 49.7 Å². The summed E-state index contributed by atoms with van der Waals surface area (Å²) in [7, 11) is 0. The van der Waals surface area contributed by atoms with Gasteiger partial charge in [-0.05, 0) is 6.92 Å². The molecule has 0 aliphatic heterocycles. The van der Waals surface area contributed by atoms with E-state index in [0.29, 0.717) is 0 Å². The first-order chi connectivity index (χ1) is 2.64. The van der Waals surface area contributed by atoms with Gasteiger partial charge in [0.15, 0.2) is 0 Å². The molecule has 0 aromatic heterocycles. The van der Waals surface area contributed by atoms with Gasteiger partial charge in [-0.15, -0.1) is 0 Å². The van der Waals surface area contributed by atoms with Crippen molar-refractivity contribution in [2.45, 2.75) is 10.8 Å². The minimum atomic E-state index is -0.754. The lowest BCUT2D eigenvalue weighted by atomic mass is 10.5. The highest BCUT2D eigenvalue weighted by atomic mass is 127. The van der Waals surface area contributed by atoms with Gasteiger partial charge in [0.2, 0.25) is 0 Å². The van der Waals surface area contributed by atoms with Gasteiger partial charge in [-0.25, -0.2) is 0 Å². The molecule has 0 heterocycles. The van der Waals surface area contributed by atoms with Crippen molar-refractivity contribution in [3.63, 3.8) is 0 Å². The van der Waals surface area contributed by atoms with Gasteiger partial charge in [0, 0.05) is 0 Å².